The fourth-order valence-corrected chi connectivity index (χ4v) is 1.98. The summed E-state index contributed by atoms with van der Waals surface area (Å²) in [7, 11) is 0. The van der Waals surface area contributed by atoms with Gasteiger partial charge < -0.3 is 9.51 Å². The van der Waals surface area contributed by atoms with Gasteiger partial charge in [-0.15, -0.1) is 0 Å². The smallest absolute Gasteiger partial charge is 0.141 e. The summed E-state index contributed by atoms with van der Waals surface area (Å²) >= 11 is 0. The topological polar surface area (TPSA) is 37.5 Å². The van der Waals surface area contributed by atoms with Crippen molar-refractivity contribution in [1.82, 2.24) is 9.38 Å². The van der Waals surface area contributed by atoms with Crippen LogP contribution in [0, 0.1) is 5.82 Å². The lowest BCUT2D eigenvalue weighted by atomic mass is 10.1. The van der Waals surface area contributed by atoms with Crippen molar-refractivity contribution in [2.75, 3.05) is 0 Å². The van der Waals surface area contributed by atoms with Crippen LogP contribution in [0.4, 0.5) is 4.39 Å². The van der Waals surface area contributed by atoms with Gasteiger partial charge in [-0.2, -0.15) is 0 Å². The largest absolute Gasteiger partial charge is 0.506 e. The van der Waals surface area contributed by atoms with E-state index >= 15 is 0 Å². The molecular formula is C14H11FN2O. The highest BCUT2D eigenvalue weighted by atomic mass is 19.1. The Balaban J connectivity index is 2.00. The van der Waals surface area contributed by atoms with E-state index in [2.05, 4.69) is 4.98 Å². The second kappa shape index (κ2) is 4.14. The Kier molecular flexibility index (Phi) is 2.48. The summed E-state index contributed by atoms with van der Waals surface area (Å²) in [6.07, 6.45) is 4.08. The Labute approximate surface area is 103 Å². The minimum absolute atomic E-state index is 0.204. The zero-order valence-electron chi connectivity index (χ0n) is 9.55. The number of hydrogen-bond acceptors (Lipinski definition) is 2. The SMILES string of the molecule is Oc1cccn2c(Cc3ccc(F)cc3)ncc12. The van der Waals surface area contributed by atoms with Crippen molar-refractivity contribution in [3.8, 4) is 5.75 Å². The average molecular weight is 242 g/mol. The average Bonchev–Trinajstić information content (AvgIpc) is 2.77. The van der Waals surface area contributed by atoms with Crippen molar-refractivity contribution in [2.24, 2.45) is 0 Å². The third-order valence-corrected chi connectivity index (χ3v) is 2.90. The lowest BCUT2D eigenvalue weighted by molar-refractivity contribution is 0.479. The number of benzene rings is 1. The molecule has 0 unspecified atom stereocenters. The van der Waals surface area contributed by atoms with E-state index in [-0.39, 0.29) is 11.6 Å². The van der Waals surface area contributed by atoms with Gasteiger partial charge in [-0.3, -0.25) is 0 Å². The molecule has 3 aromatic rings. The van der Waals surface area contributed by atoms with Crippen LogP contribution in [-0.4, -0.2) is 14.5 Å². The van der Waals surface area contributed by atoms with Crippen molar-refractivity contribution < 1.29 is 9.50 Å². The molecule has 0 fully saturated rings. The molecule has 90 valence electrons. The van der Waals surface area contributed by atoms with E-state index in [1.54, 1.807) is 30.5 Å². The van der Waals surface area contributed by atoms with Crippen LogP contribution in [0.1, 0.15) is 11.4 Å². The minimum Gasteiger partial charge on any atom is -0.506 e. The van der Waals surface area contributed by atoms with Crippen LogP contribution in [0.25, 0.3) is 5.52 Å². The summed E-state index contributed by atoms with van der Waals surface area (Å²) in [5.41, 5.74) is 1.65. The lowest BCUT2D eigenvalue weighted by Gasteiger charge is -2.02. The van der Waals surface area contributed by atoms with Gasteiger partial charge >= 0.3 is 0 Å². The summed E-state index contributed by atoms with van der Waals surface area (Å²) < 4.78 is 14.6. The molecule has 18 heavy (non-hydrogen) atoms. The van der Waals surface area contributed by atoms with Crippen LogP contribution in [0.5, 0.6) is 5.75 Å². The molecule has 2 heterocycles. The van der Waals surface area contributed by atoms with E-state index in [0.29, 0.717) is 11.9 Å². The van der Waals surface area contributed by atoms with Crippen LogP contribution >= 0.6 is 0 Å². The third kappa shape index (κ3) is 1.82. The predicted molar refractivity (Wildman–Crippen MR) is 66.1 cm³/mol. The lowest BCUT2D eigenvalue weighted by Crippen LogP contribution is -1.96. The first-order valence-corrected chi connectivity index (χ1v) is 5.62. The first-order chi connectivity index (χ1) is 8.74. The highest BCUT2D eigenvalue weighted by Gasteiger charge is 2.07. The predicted octanol–water partition coefficient (Wildman–Crippen LogP) is 2.77. The Morgan fingerprint density at radius 2 is 1.94 bits per heavy atom. The molecule has 0 spiro atoms. The van der Waals surface area contributed by atoms with Crippen molar-refractivity contribution in [2.45, 2.75) is 6.42 Å². The van der Waals surface area contributed by atoms with Crippen LogP contribution in [0.15, 0.2) is 48.8 Å². The molecule has 0 atom stereocenters. The maximum absolute atomic E-state index is 12.8. The van der Waals surface area contributed by atoms with E-state index in [9.17, 15) is 9.50 Å². The van der Waals surface area contributed by atoms with Gasteiger partial charge in [0.1, 0.15) is 22.9 Å². The molecule has 0 saturated carbocycles. The van der Waals surface area contributed by atoms with Crippen LogP contribution in [-0.2, 0) is 6.42 Å². The van der Waals surface area contributed by atoms with Gasteiger partial charge in [-0.1, -0.05) is 12.1 Å². The van der Waals surface area contributed by atoms with Gasteiger partial charge in [0.2, 0.25) is 0 Å². The van der Waals surface area contributed by atoms with Gasteiger partial charge in [0.25, 0.3) is 0 Å². The molecule has 3 rings (SSSR count). The second-order valence-electron chi connectivity index (χ2n) is 4.13. The van der Waals surface area contributed by atoms with E-state index in [1.807, 2.05) is 10.6 Å². The first-order valence-electron chi connectivity index (χ1n) is 5.62. The fraction of sp³-hybridized carbons (Fsp3) is 0.0714. The maximum Gasteiger partial charge on any atom is 0.141 e. The van der Waals surface area contributed by atoms with Gasteiger partial charge in [0.15, 0.2) is 0 Å². The van der Waals surface area contributed by atoms with Crippen molar-refractivity contribution in [3.63, 3.8) is 0 Å². The number of hydrogen-bond donors (Lipinski definition) is 1. The van der Waals surface area contributed by atoms with E-state index in [4.69, 9.17) is 0 Å². The van der Waals surface area contributed by atoms with Crippen molar-refractivity contribution in [1.29, 1.82) is 0 Å². The van der Waals surface area contributed by atoms with Crippen molar-refractivity contribution in [3.05, 3.63) is 66.0 Å². The zero-order valence-corrected chi connectivity index (χ0v) is 9.55. The Bertz CT molecular complexity index is 689. The number of fused-ring (bicyclic) bond motifs is 1. The molecule has 0 bridgehead atoms. The standard InChI is InChI=1S/C14H11FN2O/c15-11-5-3-10(4-6-11)8-14-16-9-12-13(18)2-1-7-17(12)14/h1-7,9,18H,8H2. The molecule has 0 aliphatic carbocycles. The third-order valence-electron chi connectivity index (χ3n) is 2.90. The van der Waals surface area contributed by atoms with Crippen LogP contribution in [0.3, 0.4) is 0 Å². The molecule has 0 aliphatic rings. The molecule has 1 aromatic carbocycles. The van der Waals surface area contributed by atoms with Gasteiger partial charge in [0.05, 0.1) is 6.20 Å². The summed E-state index contributed by atoms with van der Waals surface area (Å²) in [4.78, 5) is 4.28. The summed E-state index contributed by atoms with van der Waals surface area (Å²) in [6, 6.07) is 9.72. The molecule has 3 nitrogen and oxygen atoms in total. The second-order valence-corrected chi connectivity index (χ2v) is 4.13. The molecule has 0 amide bonds. The summed E-state index contributed by atoms with van der Waals surface area (Å²) in [5.74, 6) is 0.771. The van der Waals surface area contributed by atoms with E-state index in [0.717, 1.165) is 11.4 Å². The van der Waals surface area contributed by atoms with Crippen molar-refractivity contribution >= 4 is 5.52 Å². The Morgan fingerprint density at radius 3 is 2.72 bits per heavy atom. The van der Waals surface area contributed by atoms with E-state index in [1.165, 1.54) is 12.1 Å². The molecule has 0 radical (unpaired) electrons. The normalized spacial score (nSPS) is 10.9. The van der Waals surface area contributed by atoms with Gasteiger partial charge in [-0.05, 0) is 29.8 Å². The molecule has 2 aromatic heterocycles. The molecular weight excluding hydrogens is 231 g/mol. The quantitative estimate of drug-likeness (QED) is 0.750. The van der Waals surface area contributed by atoms with Crippen LogP contribution < -0.4 is 0 Å². The molecule has 0 saturated heterocycles. The summed E-state index contributed by atoms with van der Waals surface area (Å²) in [6.45, 7) is 0. The number of aromatic nitrogens is 2. The number of nitrogens with zero attached hydrogens (tertiary/aromatic N) is 2. The zero-order chi connectivity index (χ0) is 12.5. The first kappa shape index (κ1) is 10.8. The fourth-order valence-electron chi connectivity index (χ4n) is 1.98. The molecule has 0 aliphatic heterocycles. The number of halogens is 1. The Morgan fingerprint density at radius 1 is 1.17 bits per heavy atom. The maximum atomic E-state index is 12.8. The minimum atomic E-state index is -0.246. The van der Waals surface area contributed by atoms with Gasteiger partial charge in [-0.25, -0.2) is 9.37 Å². The number of aromatic hydroxyl groups is 1. The number of pyridine rings is 1. The summed E-state index contributed by atoms with van der Waals surface area (Å²) in [5, 5.41) is 9.68. The van der Waals surface area contributed by atoms with Crippen LogP contribution in [0.2, 0.25) is 0 Å². The number of rotatable bonds is 2. The monoisotopic (exact) mass is 242 g/mol. The van der Waals surface area contributed by atoms with Gasteiger partial charge in [0, 0.05) is 12.6 Å². The Hall–Kier alpha value is -2.36. The number of imidazole rings is 1. The highest BCUT2D eigenvalue weighted by molar-refractivity contribution is 5.58. The van der Waals surface area contributed by atoms with E-state index < -0.39 is 0 Å². The molecule has 4 heteroatoms. The molecule has 1 N–H and O–H groups in total. The highest BCUT2D eigenvalue weighted by Crippen LogP contribution is 2.19.